The van der Waals surface area contributed by atoms with Crippen molar-refractivity contribution in [3.05, 3.63) is 23.9 Å². The predicted octanol–water partition coefficient (Wildman–Crippen LogP) is 1.32. The lowest BCUT2D eigenvalue weighted by atomic mass is 10.1. The van der Waals surface area contributed by atoms with Gasteiger partial charge in [-0.3, -0.25) is 0 Å². The molecule has 1 aliphatic heterocycles. The van der Waals surface area contributed by atoms with Gasteiger partial charge in [-0.1, -0.05) is 6.07 Å². The van der Waals surface area contributed by atoms with Crippen LogP contribution in [0.2, 0.25) is 0 Å². The molecule has 14 heavy (non-hydrogen) atoms. The van der Waals surface area contributed by atoms with Gasteiger partial charge in [-0.15, -0.1) is 0 Å². The Labute approximate surface area is 84.9 Å². The molecule has 3 nitrogen and oxygen atoms in total. The van der Waals surface area contributed by atoms with Crippen molar-refractivity contribution < 1.29 is 0 Å². The van der Waals surface area contributed by atoms with Crippen LogP contribution in [-0.4, -0.2) is 23.6 Å². The molecule has 1 aromatic rings. The van der Waals surface area contributed by atoms with Crippen LogP contribution in [0.1, 0.15) is 18.9 Å². The second-order valence-corrected chi connectivity index (χ2v) is 4.03. The molecule has 0 spiro atoms. The van der Waals surface area contributed by atoms with E-state index in [0.29, 0.717) is 6.04 Å². The summed E-state index contributed by atoms with van der Waals surface area (Å²) in [7, 11) is 0. The molecule has 3 heteroatoms. The highest BCUT2D eigenvalue weighted by Crippen LogP contribution is 2.25. The Morgan fingerprint density at radius 1 is 1.57 bits per heavy atom. The first-order chi connectivity index (χ1) is 6.70. The molecule has 2 heterocycles. The lowest BCUT2D eigenvalue weighted by molar-refractivity contribution is 0.621. The fraction of sp³-hybridized carbons (Fsp3) is 0.545. The van der Waals surface area contributed by atoms with Crippen molar-refractivity contribution in [1.82, 2.24) is 4.98 Å². The molecule has 2 atom stereocenters. The Kier molecular flexibility index (Phi) is 2.42. The van der Waals surface area contributed by atoms with Gasteiger partial charge in [0, 0.05) is 24.8 Å². The number of rotatable bonds is 1. The zero-order valence-corrected chi connectivity index (χ0v) is 8.77. The second-order valence-electron chi connectivity index (χ2n) is 4.03. The number of nitrogens with zero attached hydrogens (tertiary/aromatic N) is 2. The van der Waals surface area contributed by atoms with Crippen LogP contribution in [0.15, 0.2) is 18.3 Å². The third kappa shape index (κ3) is 1.48. The Hall–Kier alpha value is -1.09. The van der Waals surface area contributed by atoms with E-state index in [4.69, 9.17) is 5.73 Å². The van der Waals surface area contributed by atoms with Gasteiger partial charge in [0.25, 0.3) is 0 Å². The maximum absolute atomic E-state index is 5.99. The van der Waals surface area contributed by atoms with Gasteiger partial charge >= 0.3 is 0 Å². The monoisotopic (exact) mass is 191 g/mol. The van der Waals surface area contributed by atoms with E-state index >= 15 is 0 Å². The van der Waals surface area contributed by atoms with Crippen LogP contribution in [0.4, 0.5) is 5.82 Å². The van der Waals surface area contributed by atoms with Gasteiger partial charge in [-0.2, -0.15) is 0 Å². The van der Waals surface area contributed by atoms with E-state index in [1.54, 1.807) is 0 Å². The molecule has 2 rings (SSSR count). The Bertz CT molecular complexity index is 324. The summed E-state index contributed by atoms with van der Waals surface area (Å²) in [5, 5.41) is 0. The topological polar surface area (TPSA) is 42.2 Å². The lowest BCUT2D eigenvalue weighted by Crippen LogP contribution is -2.37. The number of nitrogens with two attached hydrogens (primary N) is 1. The minimum atomic E-state index is 0.288. The average Bonchev–Trinajstić information content (AvgIpc) is 2.49. The van der Waals surface area contributed by atoms with Gasteiger partial charge in [0.1, 0.15) is 5.82 Å². The second kappa shape index (κ2) is 3.58. The molecule has 1 aromatic heterocycles. The van der Waals surface area contributed by atoms with E-state index in [9.17, 15) is 0 Å². The summed E-state index contributed by atoms with van der Waals surface area (Å²) < 4.78 is 0. The summed E-state index contributed by atoms with van der Waals surface area (Å²) in [6.45, 7) is 5.30. The summed E-state index contributed by atoms with van der Waals surface area (Å²) in [5.74, 6) is 1.09. The first-order valence-corrected chi connectivity index (χ1v) is 5.14. The van der Waals surface area contributed by atoms with Crippen LogP contribution in [-0.2, 0) is 0 Å². The molecule has 0 amide bonds. The highest BCUT2D eigenvalue weighted by molar-refractivity contribution is 5.48. The SMILES string of the molecule is Cc1cccnc1N1CCC(N)C1C. The van der Waals surface area contributed by atoms with Gasteiger partial charge in [-0.25, -0.2) is 4.98 Å². The number of aromatic nitrogens is 1. The van der Waals surface area contributed by atoms with Gasteiger partial charge in [0.15, 0.2) is 0 Å². The molecule has 2 N–H and O–H groups in total. The molecule has 76 valence electrons. The van der Waals surface area contributed by atoms with Gasteiger partial charge in [0.2, 0.25) is 0 Å². The molecule has 1 aliphatic rings. The molecule has 0 bridgehead atoms. The quantitative estimate of drug-likeness (QED) is 0.728. The van der Waals surface area contributed by atoms with Crippen LogP contribution in [0, 0.1) is 6.92 Å². The molecular formula is C11H17N3. The number of hydrogen-bond donors (Lipinski definition) is 1. The third-order valence-corrected chi connectivity index (χ3v) is 3.07. The molecule has 2 unspecified atom stereocenters. The van der Waals surface area contributed by atoms with E-state index in [1.807, 2.05) is 12.3 Å². The molecule has 0 aliphatic carbocycles. The van der Waals surface area contributed by atoms with Crippen molar-refractivity contribution in [3.63, 3.8) is 0 Å². The van der Waals surface area contributed by atoms with Crippen molar-refractivity contribution in [2.45, 2.75) is 32.4 Å². The number of pyridine rings is 1. The van der Waals surface area contributed by atoms with E-state index in [-0.39, 0.29) is 6.04 Å². The van der Waals surface area contributed by atoms with E-state index in [2.05, 4.69) is 29.8 Å². The van der Waals surface area contributed by atoms with Crippen molar-refractivity contribution >= 4 is 5.82 Å². The van der Waals surface area contributed by atoms with Gasteiger partial charge < -0.3 is 10.6 Å². The highest BCUT2D eigenvalue weighted by atomic mass is 15.2. The minimum Gasteiger partial charge on any atom is -0.352 e. The fourth-order valence-electron chi connectivity index (χ4n) is 2.04. The summed E-state index contributed by atoms with van der Waals surface area (Å²) in [6, 6.07) is 4.76. The summed E-state index contributed by atoms with van der Waals surface area (Å²) >= 11 is 0. The van der Waals surface area contributed by atoms with Gasteiger partial charge in [0.05, 0.1) is 0 Å². The van der Waals surface area contributed by atoms with Crippen molar-refractivity contribution in [2.24, 2.45) is 5.73 Å². The van der Waals surface area contributed by atoms with Crippen LogP contribution in [0.25, 0.3) is 0 Å². The van der Waals surface area contributed by atoms with E-state index in [1.165, 1.54) is 5.56 Å². The highest BCUT2D eigenvalue weighted by Gasteiger charge is 2.29. The van der Waals surface area contributed by atoms with E-state index in [0.717, 1.165) is 18.8 Å². The third-order valence-electron chi connectivity index (χ3n) is 3.07. The largest absolute Gasteiger partial charge is 0.352 e. The van der Waals surface area contributed by atoms with Crippen molar-refractivity contribution in [2.75, 3.05) is 11.4 Å². The van der Waals surface area contributed by atoms with Crippen LogP contribution >= 0.6 is 0 Å². The molecular weight excluding hydrogens is 174 g/mol. The normalized spacial score (nSPS) is 26.9. The molecule has 1 fully saturated rings. The van der Waals surface area contributed by atoms with Crippen LogP contribution in [0.3, 0.4) is 0 Å². The van der Waals surface area contributed by atoms with E-state index < -0.39 is 0 Å². The summed E-state index contributed by atoms with van der Waals surface area (Å²) in [5.41, 5.74) is 7.22. The first-order valence-electron chi connectivity index (χ1n) is 5.14. The van der Waals surface area contributed by atoms with Crippen molar-refractivity contribution in [1.29, 1.82) is 0 Å². The Morgan fingerprint density at radius 3 is 2.93 bits per heavy atom. The average molecular weight is 191 g/mol. The summed E-state index contributed by atoms with van der Waals surface area (Å²) in [6.07, 6.45) is 2.91. The van der Waals surface area contributed by atoms with Crippen LogP contribution < -0.4 is 10.6 Å². The maximum atomic E-state index is 5.99. The Morgan fingerprint density at radius 2 is 2.36 bits per heavy atom. The standard InChI is InChI=1S/C11H17N3/c1-8-4-3-6-13-11(8)14-7-5-10(12)9(14)2/h3-4,6,9-10H,5,7,12H2,1-2H3. The zero-order valence-electron chi connectivity index (χ0n) is 8.77. The number of hydrogen-bond acceptors (Lipinski definition) is 3. The lowest BCUT2D eigenvalue weighted by Gasteiger charge is -2.25. The molecule has 0 saturated carbocycles. The summed E-state index contributed by atoms with van der Waals surface area (Å²) in [4.78, 5) is 6.72. The molecule has 0 radical (unpaired) electrons. The molecule has 1 saturated heterocycles. The zero-order chi connectivity index (χ0) is 10.1. The predicted molar refractivity (Wildman–Crippen MR) is 58.4 cm³/mol. The minimum absolute atomic E-state index is 0.288. The molecule has 0 aromatic carbocycles. The van der Waals surface area contributed by atoms with Crippen molar-refractivity contribution in [3.8, 4) is 0 Å². The fourth-order valence-corrected chi connectivity index (χ4v) is 2.04. The maximum Gasteiger partial charge on any atom is 0.131 e. The smallest absolute Gasteiger partial charge is 0.131 e. The number of aryl methyl sites for hydroxylation is 1. The Balaban J connectivity index is 2.28. The van der Waals surface area contributed by atoms with Gasteiger partial charge in [-0.05, 0) is 31.9 Å². The first kappa shape index (κ1) is 9.46. The number of anilines is 1. The van der Waals surface area contributed by atoms with Crippen LogP contribution in [0.5, 0.6) is 0 Å².